The number of nitrogens with zero attached hydrogens (tertiary/aromatic N) is 3. The Balaban J connectivity index is 2.62. The van der Waals surface area contributed by atoms with Crippen molar-refractivity contribution >= 4 is 23.2 Å². The van der Waals surface area contributed by atoms with Crippen LogP contribution in [0.3, 0.4) is 0 Å². The van der Waals surface area contributed by atoms with Gasteiger partial charge in [0.2, 0.25) is 0 Å². The molecule has 6 heteroatoms. The van der Waals surface area contributed by atoms with Gasteiger partial charge in [-0.05, 0) is 18.2 Å². The maximum absolute atomic E-state index is 9.38. The Morgan fingerprint density at radius 2 is 1.89 bits per heavy atom. The maximum atomic E-state index is 9.38. The number of aliphatic hydroxyl groups is 1. The first-order chi connectivity index (χ1) is 8.84. The van der Waals surface area contributed by atoms with Crippen molar-refractivity contribution in [2.75, 3.05) is 0 Å². The first kappa shape index (κ1) is 14.3. The second-order valence-electron chi connectivity index (χ2n) is 5.30. The highest BCUT2D eigenvalue weighted by Gasteiger charge is 2.25. The summed E-state index contributed by atoms with van der Waals surface area (Å²) in [5, 5.41) is 18.4. The third-order valence-electron chi connectivity index (χ3n) is 2.75. The average molecular weight is 300 g/mol. The Morgan fingerprint density at radius 3 is 2.42 bits per heavy atom. The molecule has 1 N–H and O–H groups in total. The van der Waals surface area contributed by atoms with Gasteiger partial charge in [-0.2, -0.15) is 0 Å². The number of hydrogen-bond acceptors (Lipinski definition) is 3. The molecule has 0 amide bonds. The van der Waals surface area contributed by atoms with Crippen LogP contribution in [-0.4, -0.2) is 20.1 Å². The summed E-state index contributed by atoms with van der Waals surface area (Å²) in [6.07, 6.45) is 0. The molecule has 0 atom stereocenters. The van der Waals surface area contributed by atoms with Crippen molar-refractivity contribution in [3.63, 3.8) is 0 Å². The molecule has 0 spiro atoms. The lowest BCUT2D eigenvalue weighted by Crippen LogP contribution is -2.19. The molecule has 0 saturated carbocycles. The molecule has 0 aliphatic carbocycles. The predicted octanol–water partition coefficient (Wildman–Crippen LogP) is 3.36. The minimum atomic E-state index is -0.201. The summed E-state index contributed by atoms with van der Waals surface area (Å²) < 4.78 is 1.69. The lowest BCUT2D eigenvalue weighted by atomic mass is 9.90. The first-order valence-electron chi connectivity index (χ1n) is 5.86. The van der Waals surface area contributed by atoms with Crippen molar-refractivity contribution in [1.29, 1.82) is 0 Å². The van der Waals surface area contributed by atoms with Gasteiger partial charge in [-0.15, -0.1) is 5.10 Å². The zero-order chi connectivity index (χ0) is 14.2. The van der Waals surface area contributed by atoms with Crippen LogP contribution in [0, 0.1) is 0 Å². The second-order valence-corrected chi connectivity index (χ2v) is 6.12. The highest BCUT2D eigenvalue weighted by atomic mass is 35.5. The quantitative estimate of drug-likeness (QED) is 0.925. The van der Waals surface area contributed by atoms with E-state index in [1.54, 1.807) is 16.8 Å². The molecule has 0 aliphatic heterocycles. The Morgan fingerprint density at radius 1 is 1.21 bits per heavy atom. The molecule has 2 aromatic rings. The predicted molar refractivity (Wildman–Crippen MR) is 76.0 cm³/mol. The summed E-state index contributed by atoms with van der Waals surface area (Å²) in [5.74, 6) is 0. The van der Waals surface area contributed by atoms with E-state index in [1.165, 1.54) is 0 Å². The SMILES string of the molecule is CC(C)(C)c1c(CO)nnn1-c1ccc(Cl)c(Cl)c1. The summed E-state index contributed by atoms with van der Waals surface area (Å²) in [6.45, 7) is 5.98. The van der Waals surface area contributed by atoms with Gasteiger partial charge in [0.1, 0.15) is 5.69 Å². The van der Waals surface area contributed by atoms with Crippen molar-refractivity contribution in [3.8, 4) is 5.69 Å². The lowest BCUT2D eigenvalue weighted by Gasteiger charge is -2.21. The summed E-state index contributed by atoms with van der Waals surface area (Å²) in [7, 11) is 0. The fourth-order valence-electron chi connectivity index (χ4n) is 1.97. The van der Waals surface area contributed by atoms with Gasteiger partial charge in [0, 0.05) is 5.41 Å². The van der Waals surface area contributed by atoms with E-state index in [-0.39, 0.29) is 12.0 Å². The molecular formula is C13H15Cl2N3O. The summed E-state index contributed by atoms with van der Waals surface area (Å²) >= 11 is 11.9. The van der Waals surface area contributed by atoms with E-state index < -0.39 is 0 Å². The number of hydrogen-bond donors (Lipinski definition) is 1. The molecule has 0 aliphatic rings. The van der Waals surface area contributed by atoms with Gasteiger partial charge in [0.15, 0.2) is 0 Å². The average Bonchev–Trinajstić information content (AvgIpc) is 2.76. The van der Waals surface area contributed by atoms with E-state index in [0.717, 1.165) is 11.4 Å². The largest absolute Gasteiger partial charge is 0.390 e. The topological polar surface area (TPSA) is 50.9 Å². The summed E-state index contributed by atoms with van der Waals surface area (Å²) in [5.41, 5.74) is 1.99. The highest BCUT2D eigenvalue weighted by Crippen LogP contribution is 2.29. The van der Waals surface area contributed by atoms with Crippen LogP contribution in [-0.2, 0) is 12.0 Å². The van der Waals surface area contributed by atoms with Crippen LogP contribution in [0.1, 0.15) is 32.2 Å². The Kier molecular flexibility index (Phi) is 3.85. The van der Waals surface area contributed by atoms with Crippen LogP contribution >= 0.6 is 23.2 Å². The highest BCUT2D eigenvalue weighted by molar-refractivity contribution is 6.42. The standard InChI is InChI=1S/C13H15Cl2N3O/c1-13(2,3)12-11(7-19)16-17-18(12)8-4-5-9(14)10(15)6-8/h4-6,19H,7H2,1-3H3. The fraction of sp³-hybridized carbons (Fsp3) is 0.385. The number of halogens is 2. The second kappa shape index (κ2) is 5.12. The van der Waals surface area contributed by atoms with Crippen molar-refractivity contribution in [2.24, 2.45) is 0 Å². The monoisotopic (exact) mass is 299 g/mol. The molecule has 0 unspecified atom stereocenters. The van der Waals surface area contributed by atoms with Crippen molar-refractivity contribution < 1.29 is 5.11 Å². The van der Waals surface area contributed by atoms with Gasteiger partial charge >= 0.3 is 0 Å². The summed E-state index contributed by atoms with van der Waals surface area (Å²) in [6, 6.07) is 5.26. The Hall–Kier alpha value is -1.10. The minimum absolute atomic E-state index is 0.145. The molecule has 0 bridgehead atoms. The van der Waals surface area contributed by atoms with Crippen LogP contribution in [0.25, 0.3) is 5.69 Å². The molecule has 0 saturated heterocycles. The molecule has 2 rings (SSSR count). The number of aliphatic hydroxyl groups excluding tert-OH is 1. The fourth-order valence-corrected chi connectivity index (χ4v) is 2.26. The third kappa shape index (κ3) is 2.76. The van der Waals surface area contributed by atoms with E-state index in [0.29, 0.717) is 15.7 Å². The van der Waals surface area contributed by atoms with Gasteiger partial charge in [0.25, 0.3) is 0 Å². The van der Waals surface area contributed by atoms with Crippen LogP contribution in [0.2, 0.25) is 10.0 Å². The maximum Gasteiger partial charge on any atom is 0.112 e. The van der Waals surface area contributed by atoms with Crippen LogP contribution in [0.5, 0.6) is 0 Å². The first-order valence-corrected chi connectivity index (χ1v) is 6.61. The molecule has 19 heavy (non-hydrogen) atoms. The molecule has 1 heterocycles. The van der Waals surface area contributed by atoms with Crippen LogP contribution < -0.4 is 0 Å². The lowest BCUT2D eigenvalue weighted by molar-refractivity contribution is 0.273. The van der Waals surface area contributed by atoms with Gasteiger partial charge in [-0.25, -0.2) is 4.68 Å². The van der Waals surface area contributed by atoms with E-state index in [1.807, 2.05) is 26.8 Å². The van der Waals surface area contributed by atoms with E-state index >= 15 is 0 Å². The molecular weight excluding hydrogens is 285 g/mol. The van der Waals surface area contributed by atoms with E-state index in [4.69, 9.17) is 23.2 Å². The van der Waals surface area contributed by atoms with Gasteiger partial charge in [0.05, 0.1) is 28.0 Å². The Labute approximate surface area is 122 Å². The molecule has 1 aromatic heterocycles. The summed E-state index contributed by atoms with van der Waals surface area (Å²) in [4.78, 5) is 0. The number of rotatable bonds is 2. The van der Waals surface area contributed by atoms with Crippen molar-refractivity contribution in [2.45, 2.75) is 32.8 Å². The minimum Gasteiger partial charge on any atom is -0.390 e. The van der Waals surface area contributed by atoms with Crippen LogP contribution in [0.15, 0.2) is 18.2 Å². The molecule has 1 aromatic carbocycles. The third-order valence-corrected chi connectivity index (χ3v) is 3.49. The van der Waals surface area contributed by atoms with Crippen LogP contribution in [0.4, 0.5) is 0 Å². The molecule has 0 radical (unpaired) electrons. The van der Waals surface area contributed by atoms with Gasteiger partial charge in [-0.3, -0.25) is 0 Å². The molecule has 102 valence electrons. The van der Waals surface area contributed by atoms with Gasteiger partial charge < -0.3 is 5.11 Å². The zero-order valence-electron chi connectivity index (χ0n) is 11.0. The van der Waals surface area contributed by atoms with E-state index in [9.17, 15) is 5.11 Å². The number of aromatic nitrogens is 3. The molecule has 4 nitrogen and oxygen atoms in total. The van der Waals surface area contributed by atoms with E-state index in [2.05, 4.69) is 10.3 Å². The molecule has 0 fully saturated rings. The zero-order valence-corrected chi connectivity index (χ0v) is 12.5. The van der Waals surface area contributed by atoms with Gasteiger partial charge in [-0.1, -0.05) is 49.2 Å². The number of benzene rings is 1. The Bertz CT molecular complexity index is 602. The van der Waals surface area contributed by atoms with Crippen molar-refractivity contribution in [3.05, 3.63) is 39.6 Å². The smallest absolute Gasteiger partial charge is 0.112 e. The normalized spacial score (nSPS) is 11.9. The van der Waals surface area contributed by atoms with Crippen molar-refractivity contribution in [1.82, 2.24) is 15.0 Å².